The Morgan fingerprint density at radius 3 is 3.00 bits per heavy atom. The number of hydrogen-bond donors (Lipinski definition) is 2. The Bertz CT molecular complexity index is 277. The lowest BCUT2D eigenvalue weighted by atomic mass is 10.2. The number of aromatic nitrogens is 1. The van der Waals surface area contributed by atoms with Crippen molar-refractivity contribution in [3.05, 3.63) is 16.1 Å². The monoisotopic (exact) mass is 229 g/mol. The number of aryl methyl sites for hydroxylation is 1. The van der Waals surface area contributed by atoms with Gasteiger partial charge in [0.05, 0.1) is 17.3 Å². The average molecular weight is 229 g/mol. The SMILES string of the molecule is CCCOCC(Cc1csc(C)n1)NN. The standard InChI is InChI=1S/C10H19N3OS/c1-3-4-14-6-9(13-11)5-10-7-15-8(2)12-10/h7,9,13H,3-6,11H2,1-2H3. The van der Waals surface area contributed by atoms with Crippen LogP contribution in [0.1, 0.15) is 24.0 Å². The van der Waals surface area contributed by atoms with E-state index < -0.39 is 0 Å². The zero-order chi connectivity index (χ0) is 11.1. The van der Waals surface area contributed by atoms with Gasteiger partial charge in [0.2, 0.25) is 0 Å². The molecule has 1 atom stereocenters. The topological polar surface area (TPSA) is 60.2 Å². The molecule has 0 radical (unpaired) electrons. The smallest absolute Gasteiger partial charge is 0.0897 e. The minimum Gasteiger partial charge on any atom is -0.380 e. The van der Waals surface area contributed by atoms with Gasteiger partial charge in [-0.25, -0.2) is 4.98 Å². The van der Waals surface area contributed by atoms with Crippen molar-refractivity contribution in [1.82, 2.24) is 10.4 Å². The summed E-state index contributed by atoms with van der Waals surface area (Å²) in [5.41, 5.74) is 3.84. The summed E-state index contributed by atoms with van der Waals surface area (Å²) in [4.78, 5) is 4.39. The van der Waals surface area contributed by atoms with E-state index in [1.165, 1.54) is 0 Å². The first-order valence-corrected chi connectivity index (χ1v) is 6.09. The van der Waals surface area contributed by atoms with Gasteiger partial charge in [0.25, 0.3) is 0 Å². The van der Waals surface area contributed by atoms with Gasteiger partial charge in [-0.2, -0.15) is 0 Å². The van der Waals surface area contributed by atoms with Gasteiger partial charge in [0, 0.05) is 24.4 Å². The van der Waals surface area contributed by atoms with Crippen molar-refractivity contribution in [2.24, 2.45) is 5.84 Å². The Kier molecular flexibility index (Phi) is 5.78. The summed E-state index contributed by atoms with van der Waals surface area (Å²) in [6.07, 6.45) is 1.86. The van der Waals surface area contributed by atoms with Crippen LogP contribution in [0, 0.1) is 6.92 Å². The van der Waals surface area contributed by atoms with Crippen LogP contribution in [0.5, 0.6) is 0 Å². The fourth-order valence-corrected chi connectivity index (χ4v) is 1.92. The molecule has 0 aliphatic heterocycles. The highest BCUT2D eigenvalue weighted by molar-refractivity contribution is 7.09. The van der Waals surface area contributed by atoms with E-state index >= 15 is 0 Å². The van der Waals surface area contributed by atoms with Crippen LogP contribution in [0.25, 0.3) is 0 Å². The second kappa shape index (κ2) is 6.90. The minimum absolute atomic E-state index is 0.151. The number of thiazole rings is 1. The van der Waals surface area contributed by atoms with Gasteiger partial charge in [-0.1, -0.05) is 6.92 Å². The third-order valence-electron chi connectivity index (χ3n) is 2.03. The normalized spacial score (nSPS) is 13.0. The average Bonchev–Trinajstić information content (AvgIpc) is 2.63. The molecule has 0 aliphatic carbocycles. The highest BCUT2D eigenvalue weighted by Gasteiger charge is 2.09. The van der Waals surface area contributed by atoms with Crippen molar-refractivity contribution in [3.63, 3.8) is 0 Å². The van der Waals surface area contributed by atoms with E-state index in [2.05, 4.69) is 22.7 Å². The lowest BCUT2D eigenvalue weighted by Gasteiger charge is -2.14. The van der Waals surface area contributed by atoms with Crippen molar-refractivity contribution >= 4 is 11.3 Å². The molecule has 0 spiro atoms. The Morgan fingerprint density at radius 1 is 1.67 bits per heavy atom. The first kappa shape index (κ1) is 12.6. The highest BCUT2D eigenvalue weighted by Crippen LogP contribution is 2.09. The van der Waals surface area contributed by atoms with Crippen LogP contribution < -0.4 is 11.3 Å². The van der Waals surface area contributed by atoms with Crippen molar-refractivity contribution in [2.75, 3.05) is 13.2 Å². The van der Waals surface area contributed by atoms with Gasteiger partial charge in [-0.05, 0) is 13.3 Å². The maximum absolute atomic E-state index is 5.46. The van der Waals surface area contributed by atoms with E-state index in [0.717, 1.165) is 30.2 Å². The van der Waals surface area contributed by atoms with Crippen LogP contribution in [0.4, 0.5) is 0 Å². The summed E-state index contributed by atoms with van der Waals surface area (Å²) >= 11 is 1.66. The summed E-state index contributed by atoms with van der Waals surface area (Å²) in [5.74, 6) is 5.46. The third-order valence-corrected chi connectivity index (χ3v) is 2.85. The zero-order valence-corrected chi connectivity index (χ0v) is 10.1. The third kappa shape index (κ3) is 4.70. The fourth-order valence-electron chi connectivity index (χ4n) is 1.29. The molecule has 1 unspecified atom stereocenters. The van der Waals surface area contributed by atoms with Crippen LogP contribution in [0.2, 0.25) is 0 Å². The predicted molar refractivity (Wildman–Crippen MR) is 62.8 cm³/mol. The molecule has 1 rings (SSSR count). The van der Waals surface area contributed by atoms with Gasteiger partial charge in [0.15, 0.2) is 0 Å². The number of hydrazine groups is 1. The summed E-state index contributed by atoms with van der Waals surface area (Å²) in [6, 6.07) is 0.151. The maximum atomic E-state index is 5.46. The van der Waals surface area contributed by atoms with E-state index in [9.17, 15) is 0 Å². The number of hydrogen-bond acceptors (Lipinski definition) is 5. The number of rotatable bonds is 7. The highest BCUT2D eigenvalue weighted by atomic mass is 32.1. The molecule has 0 saturated heterocycles. The lowest BCUT2D eigenvalue weighted by Crippen LogP contribution is -2.40. The molecule has 0 aromatic carbocycles. The van der Waals surface area contributed by atoms with Crippen molar-refractivity contribution in [3.8, 4) is 0 Å². The van der Waals surface area contributed by atoms with Gasteiger partial charge in [0.1, 0.15) is 0 Å². The molecule has 0 amide bonds. The Hall–Kier alpha value is -0.490. The summed E-state index contributed by atoms with van der Waals surface area (Å²) in [7, 11) is 0. The summed E-state index contributed by atoms with van der Waals surface area (Å²) in [5, 5.41) is 3.16. The number of nitrogens with two attached hydrogens (primary N) is 1. The predicted octanol–water partition coefficient (Wildman–Crippen LogP) is 1.25. The molecule has 0 saturated carbocycles. The molecule has 3 N–H and O–H groups in total. The van der Waals surface area contributed by atoms with Crippen LogP contribution in [-0.4, -0.2) is 24.2 Å². The molecule has 5 heteroatoms. The fraction of sp³-hybridized carbons (Fsp3) is 0.700. The van der Waals surface area contributed by atoms with Crippen LogP contribution in [0.15, 0.2) is 5.38 Å². The van der Waals surface area contributed by atoms with E-state index in [1.807, 2.05) is 6.92 Å². The van der Waals surface area contributed by atoms with Gasteiger partial charge >= 0.3 is 0 Å². The first-order chi connectivity index (χ1) is 7.26. The van der Waals surface area contributed by atoms with E-state index in [4.69, 9.17) is 10.6 Å². The quantitative estimate of drug-likeness (QED) is 0.420. The lowest BCUT2D eigenvalue weighted by molar-refractivity contribution is 0.111. The molecule has 0 bridgehead atoms. The molecule has 1 aromatic heterocycles. The number of ether oxygens (including phenoxy) is 1. The van der Waals surface area contributed by atoms with E-state index in [1.54, 1.807) is 11.3 Å². The Labute approximate surface area is 94.8 Å². The summed E-state index contributed by atoms with van der Waals surface area (Å²) < 4.78 is 5.45. The van der Waals surface area contributed by atoms with E-state index in [0.29, 0.717) is 6.61 Å². The number of nitrogens with zero attached hydrogens (tertiary/aromatic N) is 1. The molecule has 1 aromatic rings. The van der Waals surface area contributed by atoms with Crippen LogP contribution >= 0.6 is 11.3 Å². The van der Waals surface area contributed by atoms with Crippen molar-refractivity contribution in [2.45, 2.75) is 32.7 Å². The number of nitrogens with one attached hydrogen (secondary N) is 1. The molecule has 4 nitrogen and oxygen atoms in total. The van der Waals surface area contributed by atoms with Crippen molar-refractivity contribution < 1.29 is 4.74 Å². The second-order valence-corrected chi connectivity index (χ2v) is 4.56. The molecule has 1 heterocycles. The van der Waals surface area contributed by atoms with Gasteiger partial charge in [-0.15, -0.1) is 11.3 Å². The maximum Gasteiger partial charge on any atom is 0.0897 e. The molecule has 86 valence electrons. The second-order valence-electron chi connectivity index (χ2n) is 3.50. The Balaban J connectivity index is 2.33. The Morgan fingerprint density at radius 2 is 2.47 bits per heavy atom. The van der Waals surface area contributed by atoms with Gasteiger partial charge in [-0.3, -0.25) is 11.3 Å². The van der Waals surface area contributed by atoms with Gasteiger partial charge < -0.3 is 4.74 Å². The summed E-state index contributed by atoms with van der Waals surface area (Å²) in [6.45, 7) is 5.52. The minimum atomic E-state index is 0.151. The largest absolute Gasteiger partial charge is 0.380 e. The first-order valence-electron chi connectivity index (χ1n) is 5.21. The van der Waals surface area contributed by atoms with Crippen molar-refractivity contribution in [1.29, 1.82) is 0 Å². The van der Waals surface area contributed by atoms with E-state index in [-0.39, 0.29) is 6.04 Å². The van der Waals surface area contributed by atoms with Crippen LogP contribution in [0.3, 0.4) is 0 Å². The molecular weight excluding hydrogens is 210 g/mol. The molecule has 15 heavy (non-hydrogen) atoms. The molecule has 0 fully saturated rings. The molecule has 0 aliphatic rings. The van der Waals surface area contributed by atoms with Crippen LogP contribution in [-0.2, 0) is 11.2 Å². The molecular formula is C10H19N3OS. The zero-order valence-electron chi connectivity index (χ0n) is 9.32.